The van der Waals surface area contributed by atoms with Crippen molar-refractivity contribution in [2.24, 2.45) is 4.99 Å². The van der Waals surface area contributed by atoms with Crippen molar-refractivity contribution in [3.05, 3.63) is 35.9 Å². The van der Waals surface area contributed by atoms with Gasteiger partial charge in [-0.3, -0.25) is 0 Å². The first-order valence-corrected chi connectivity index (χ1v) is 5.75. The third kappa shape index (κ3) is 2.02. The first-order valence-electron chi connectivity index (χ1n) is 4.22. The van der Waals surface area contributed by atoms with E-state index in [-0.39, 0.29) is 6.10 Å². The molecule has 1 atom stereocenters. The first-order chi connectivity index (χ1) is 6.40. The third-order valence-corrected chi connectivity index (χ3v) is 2.89. The van der Waals surface area contributed by atoms with Crippen LogP contribution in [-0.2, 0) is 4.74 Å². The number of benzene rings is 1. The molecular formula is C10H10INO. The van der Waals surface area contributed by atoms with Crippen LogP contribution in [0.5, 0.6) is 0 Å². The highest BCUT2D eigenvalue weighted by Crippen LogP contribution is 2.13. The Labute approximate surface area is 91.2 Å². The average Bonchev–Trinajstić information content (AvgIpc) is 2.67. The van der Waals surface area contributed by atoms with Gasteiger partial charge in [0, 0.05) is 9.99 Å². The van der Waals surface area contributed by atoms with Crippen molar-refractivity contribution >= 4 is 28.5 Å². The molecule has 2 nitrogen and oxygen atoms in total. The summed E-state index contributed by atoms with van der Waals surface area (Å²) in [6.45, 7) is 0.799. The van der Waals surface area contributed by atoms with E-state index in [1.165, 1.54) is 0 Å². The summed E-state index contributed by atoms with van der Waals surface area (Å²) < 4.78 is 6.64. The summed E-state index contributed by atoms with van der Waals surface area (Å²) >= 11 is 2.32. The molecule has 0 spiro atoms. The molecule has 0 aromatic heterocycles. The molecule has 0 unspecified atom stereocenters. The van der Waals surface area contributed by atoms with E-state index in [4.69, 9.17) is 4.74 Å². The molecule has 1 aliphatic heterocycles. The van der Waals surface area contributed by atoms with Gasteiger partial charge in [0.15, 0.2) is 0 Å². The summed E-state index contributed by atoms with van der Waals surface area (Å²) in [5, 5.41) is 0. The van der Waals surface area contributed by atoms with E-state index in [1.807, 2.05) is 30.3 Å². The monoisotopic (exact) mass is 287 g/mol. The van der Waals surface area contributed by atoms with Crippen molar-refractivity contribution in [3.63, 3.8) is 0 Å². The maximum atomic E-state index is 5.64. The number of rotatable bonds is 2. The Bertz CT molecular complexity index is 310. The number of halogens is 1. The maximum absolute atomic E-state index is 5.64. The summed E-state index contributed by atoms with van der Waals surface area (Å²) in [6, 6.07) is 10.0. The predicted molar refractivity (Wildman–Crippen MR) is 61.6 cm³/mol. The van der Waals surface area contributed by atoms with Gasteiger partial charge in [-0.05, 0) is 12.1 Å². The van der Waals surface area contributed by atoms with Gasteiger partial charge in [0.05, 0.1) is 6.54 Å². The quantitative estimate of drug-likeness (QED) is 0.604. The summed E-state index contributed by atoms with van der Waals surface area (Å²) in [7, 11) is 0. The van der Waals surface area contributed by atoms with E-state index in [0.717, 1.165) is 22.4 Å². The van der Waals surface area contributed by atoms with Crippen LogP contribution in [0.1, 0.15) is 5.56 Å². The molecule has 1 heterocycles. The number of hydrogen-bond acceptors (Lipinski definition) is 2. The number of nitrogens with zero attached hydrogens (tertiary/aromatic N) is 1. The minimum absolute atomic E-state index is 0.274. The normalized spacial score (nSPS) is 21.0. The maximum Gasteiger partial charge on any atom is 0.216 e. The fourth-order valence-corrected chi connectivity index (χ4v) is 1.70. The smallest absolute Gasteiger partial charge is 0.216 e. The largest absolute Gasteiger partial charge is 0.471 e. The number of ether oxygens (including phenoxy) is 1. The fraction of sp³-hybridized carbons (Fsp3) is 0.300. The van der Waals surface area contributed by atoms with Gasteiger partial charge < -0.3 is 4.74 Å². The van der Waals surface area contributed by atoms with E-state index >= 15 is 0 Å². The van der Waals surface area contributed by atoms with Crippen molar-refractivity contribution < 1.29 is 4.74 Å². The van der Waals surface area contributed by atoms with E-state index in [0.29, 0.717) is 0 Å². The van der Waals surface area contributed by atoms with Gasteiger partial charge in [0.2, 0.25) is 5.90 Å². The average molecular weight is 287 g/mol. The lowest BCUT2D eigenvalue weighted by Crippen LogP contribution is -2.14. The van der Waals surface area contributed by atoms with Crippen molar-refractivity contribution in [1.82, 2.24) is 0 Å². The van der Waals surface area contributed by atoms with Gasteiger partial charge in [-0.25, -0.2) is 4.99 Å². The Hall–Kier alpha value is -0.580. The molecule has 3 heteroatoms. The molecule has 0 radical (unpaired) electrons. The van der Waals surface area contributed by atoms with E-state index in [2.05, 4.69) is 27.6 Å². The van der Waals surface area contributed by atoms with Gasteiger partial charge in [-0.1, -0.05) is 40.8 Å². The van der Waals surface area contributed by atoms with E-state index in [1.54, 1.807) is 0 Å². The molecule has 13 heavy (non-hydrogen) atoms. The highest BCUT2D eigenvalue weighted by Gasteiger charge is 2.18. The SMILES string of the molecule is IC[C@H]1CN=C(c2ccccc2)O1. The molecule has 0 bridgehead atoms. The zero-order valence-electron chi connectivity index (χ0n) is 7.11. The number of hydrogen-bond donors (Lipinski definition) is 0. The van der Waals surface area contributed by atoms with Crippen LogP contribution < -0.4 is 0 Å². The molecule has 1 aliphatic rings. The minimum Gasteiger partial charge on any atom is -0.471 e. The Balaban J connectivity index is 2.12. The number of aliphatic imine (C=N–C) groups is 1. The second-order valence-corrected chi connectivity index (χ2v) is 3.79. The lowest BCUT2D eigenvalue weighted by atomic mass is 10.2. The van der Waals surface area contributed by atoms with Gasteiger partial charge in [-0.2, -0.15) is 0 Å². The molecule has 0 amide bonds. The van der Waals surface area contributed by atoms with Crippen LogP contribution in [0.3, 0.4) is 0 Å². The molecule has 0 aliphatic carbocycles. The van der Waals surface area contributed by atoms with Gasteiger partial charge >= 0.3 is 0 Å². The van der Waals surface area contributed by atoms with Crippen LogP contribution >= 0.6 is 22.6 Å². The highest BCUT2D eigenvalue weighted by atomic mass is 127. The lowest BCUT2D eigenvalue weighted by Gasteiger charge is -2.06. The summed E-state index contributed by atoms with van der Waals surface area (Å²) in [4.78, 5) is 4.35. The van der Waals surface area contributed by atoms with Crippen LogP contribution in [0.4, 0.5) is 0 Å². The van der Waals surface area contributed by atoms with Crippen molar-refractivity contribution in [2.45, 2.75) is 6.10 Å². The predicted octanol–water partition coefficient (Wildman–Crippen LogP) is 2.27. The molecule has 0 saturated carbocycles. The molecule has 1 aromatic rings. The van der Waals surface area contributed by atoms with Crippen LogP contribution in [0, 0.1) is 0 Å². The summed E-state index contributed by atoms with van der Waals surface area (Å²) in [5.41, 5.74) is 1.08. The van der Waals surface area contributed by atoms with Crippen LogP contribution in [-0.4, -0.2) is 23.0 Å². The van der Waals surface area contributed by atoms with Gasteiger partial charge in [0.25, 0.3) is 0 Å². The zero-order valence-corrected chi connectivity index (χ0v) is 9.27. The van der Waals surface area contributed by atoms with E-state index < -0.39 is 0 Å². The zero-order chi connectivity index (χ0) is 9.10. The molecule has 0 N–H and O–H groups in total. The fourth-order valence-electron chi connectivity index (χ4n) is 1.24. The molecule has 0 saturated heterocycles. The number of alkyl halides is 1. The second kappa shape index (κ2) is 4.09. The van der Waals surface area contributed by atoms with Gasteiger partial charge in [-0.15, -0.1) is 0 Å². The first kappa shape index (κ1) is 8.99. The topological polar surface area (TPSA) is 21.6 Å². The lowest BCUT2D eigenvalue weighted by molar-refractivity contribution is 0.254. The standard InChI is InChI=1S/C10H10INO/c11-6-9-7-12-10(13-9)8-4-2-1-3-5-8/h1-5,9H,6-7H2/t9-/m0/s1. The second-order valence-electron chi connectivity index (χ2n) is 2.91. The van der Waals surface area contributed by atoms with Crippen LogP contribution in [0.2, 0.25) is 0 Å². The summed E-state index contributed by atoms with van der Waals surface area (Å²) in [6.07, 6.45) is 0.274. The highest BCUT2D eigenvalue weighted by molar-refractivity contribution is 14.1. The van der Waals surface area contributed by atoms with E-state index in [9.17, 15) is 0 Å². The van der Waals surface area contributed by atoms with Crippen molar-refractivity contribution in [2.75, 3.05) is 11.0 Å². The van der Waals surface area contributed by atoms with Gasteiger partial charge in [0.1, 0.15) is 6.10 Å². The Morgan fingerprint density at radius 3 is 2.77 bits per heavy atom. The molecule has 0 fully saturated rings. The van der Waals surface area contributed by atoms with Crippen LogP contribution in [0.15, 0.2) is 35.3 Å². The Morgan fingerprint density at radius 1 is 1.38 bits per heavy atom. The molecule has 1 aromatic carbocycles. The Kier molecular flexibility index (Phi) is 2.83. The third-order valence-electron chi connectivity index (χ3n) is 1.91. The van der Waals surface area contributed by atoms with Crippen molar-refractivity contribution in [1.29, 1.82) is 0 Å². The van der Waals surface area contributed by atoms with Crippen molar-refractivity contribution in [3.8, 4) is 0 Å². The molecular weight excluding hydrogens is 277 g/mol. The Morgan fingerprint density at radius 2 is 2.15 bits per heavy atom. The minimum atomic E-state index is 0.274. The summed E-state index contributed by atoms with van der Waals surface area (Å²) in [5.74, 6) is 0.794. The van der Waals surface area contributed by atoms with Crippen LogP contribution in [0.25, 0.3) is 0 Å². The molecule has 68 valence electrons. The molecule has 2 rings (SSSR count).